The molecular weight excluding hydrogens is 244 g/mol. The standard InChI is InChI=1S/C14H18N2O3/c1-2-8-15-13(18)14(19)16-10-12(17)9-11-6-4-3-5-7-11/h2-7,12,17H,1,8-10H2,(H,15,18)(H,16,19). The lowest BCUT2D eigenvalue weighted by molar-refractivity contribution is -0.139. The van der Waals surface area contributed by atoms with Crippen LogP contribution in [0, 0.1) is 0 Å². The van der Waals surface area contributed by atoms with Crippen LogP contribution in [0.25, 0.3) is 0 Å². The summed E-state index contributed by atoms with van der Waals surface area (Å²) in [6.07, 6.45) is 1.18. The molecule has 1 aromatic rings. The summed E-state index contributed by atoms with van der Waals surface area (Å²) in [5.74, 6) is -1.49. The summed E-state index contributed by atoms with van der Waals surface area (Å²) in [7, 11) is 0. The van der Waals surface area contributed by atoms with E-state index in [1.807, 2.05) is 30.3 Å². The molecule has 1 unspecified atom stereocenters. The van der Waals surface area contributed by atoms with Gasteiger partial charge in [0.15, 0.2) is 0 Å². The van der Waals surface area contributed by atoms with Crippen LogP contribution < -0.4 is 10.6 Å². The van der Waals surface area contributed by atoms with Crippen LogP contribution in [0.1, 0.15) is 5.56 Å². The molecule has 5 heteroatoms. The van der Waals surface area contributed by atoms with Gasteiger partial charge in [-0.25, -0.2) is 0 Å². The Morgan fingerprint density at radius 3 is 2.47 bits per heavy atom. The lowest BCUT2D eigenvalue weighted by Crippen LogP contribution is -2.43. The molecule has 0 aromatic heterocycles. The molecule has 0 fully saturated rings. The zero-order chi connectivity index (χ0) is 14.1. The third kappa shape index (κ3) is 5.83. The van der Waals surface area contributed by atoms with Gasteiger partial charge in [0.2, 0.25) is 0 Å². The number of nitrogens with one attached hydrogen (secondary N) is 2. The Hall–Kier alpha value is -2.14. The SMILES string of the molecule is C=CCNC(=O)C(=O)NCC(O)Cc1ccccc1. The van der Waals surface area contributed by atoms with Crippen LogP contribution in [0.5, 0.6) is 0 Å². The van der Waals surface area contributed by atoms with E-state index in [1.54, 1.807) is 0 Å². The molecule has 19 heavy (non-hydrogen) atoms. The minimum atomic E-state index is -0.756. The molecule has 1 aromatic carbocycles. The van der Waals surface area contributed by atoms with Gasteiger partial charge in [0, 0.05) is 19.5 Å². The molecule has 0 saturated heterocycles. The van der Waals surface area contributed by atoms with E-state index in [9.17, 15) is 14.7 Å². The van der Waals surface area contributed by atoms with Crippen LogP contribution >= 0.6 is 0 Å². The minimum absolute atomic E-state index is 0.0369. The highest BCUT2D eigenvalue weighted by Crippen LogP contribution is 2.02. The molecule has 1 rings (SSSR count). The molecule has 0 saturated carbocycles. The lowest BCUT2D eigenvalue weighted by Gasteiger charge is -2.11. The fourth-order valence-electron chi connectivity index (χ4n) is 1.49. The Kier molecular flexibility index (Phi) is 6.32. The van der Waals surface area contributed by atoms with E-state index >= 15 is 0 Å². The third-order valence-electron chi connectivity index (χ3n) is 2.43. The number of carbonyl (C=O) groups is 2. The molecule has 5 nitrogen and oxygen atoms in total. The van der Waals surface area contributed by atoms with E-state index in [4.69, 9.17) is 0 Å². The highest BCUT2D eigenvalue weighted by molar-refractivity contribution is 6.35. The van der Waals surface area contributed by atoms with E-state index in [-0.39, 0.29) is 13.1 Å². The van der Waals surface area contributed by atoms with Crippen molar-refractivity contribution in [3.05, 3.63) is 48.6 Å². The fraction of sp³-hybridized carbons (Fsp3) is 0.286. The fourth-order valence-corrected chi connectivity index (χ4v) is 1.49. The van der Waals surface area contributed by atoms with Crippen LogP contribution in [0.15, 0.2) is 43.0 Å². The van der Waals surface area contributed by atoms with Gasteiger partial charge in [-0.1, -0.05) is 36.4 Å². The lowest BCUT2D eigenvalue weighted by atomic mass is 10.1. The maximum atomic E-state index is 11.3. The number of aliphatic hydroxyl groups excluding tert-OH is 1. The number of hydrogen-bond donors (Lipinski definition) is 3. The second kappa shape index (κ2) is 8.05. The Morgan fingerprint density at radius 2 is 1.84 bits per heavy atom. The van der Waals surface area contributed by atoms with E-state index in [2.05, 4.69) is 17.2 Å². The average molecular weight is 262 g/mol. The molecule has 3 N–H and O–H groups in total. The quantitative estimate of drug-likeness (QED) is 0.499. The van der Waals surface area contributed by atoms with Crippen molar-refractivity contribution in [2.75, 3.05) is 13.1 Å². The van der Waals surface area contributed by atoms with Crippen LogP contribution in [0.3, 0.4) is 0 Å². The van der Waals surface area contributed by atoms with Gasteiger partial charge < -0.3 is 15.7 Å². The van der Waals surface area contributed by atoms with Crippen molar-refractivity contribution in [3.8, 4) is 0 Å². The van der Waals surface area contributed by atoms with E-state index in [1.165, 1.54) is 6.08 Å². The van der Waals surface area contributed by atoms with E-state index in [0.29, 0.717) is 6.42 Å². The molecule has 0 aliphatic rings. The summed E-state index contributed by atoms with van der Waals surface area (Å²) >= 11 is 0. The number of benzene rings is 1. The summed E-state index contributed by atoms with van der Waals surface area (Å²) in [5, 5.41) is 14.5. The summed E-state index contributed by atoms with van der Waals surface area (Å²) in [6, 6.07) is 9.43. The highest BCUT2D eigenvalue weighted by Gasteiger charge is 2.14. The van der Waals surface area contributed by atoms with Crippen molar-refractivity contribution in [2.24, 2.45) is 0 Å². The maximum absolute atomic E-state index is 11.3. The van der Waals surface area contributed by atoms with Crippen LogP contribution in [-0.2, 0) is 16.0 Å². The zero-order valence-corrected chi connectivity index (χ0v) is 10.6. The van der Waals surface area contributed by atoms with Crippen molar-refractivity contribution >= 4 is 11.8 Å². The van der Waals surface area contributed by atoms with Gasteiger partial charge in [0.25, 0.3) is 0 Å². The monoisotopic (exact) mass is 262 g/mol. The van der Waals surface area contributed by atoms with Crippen LogP contribution in [-0.4, -0.2) is 36.1 Å². The van der Waals surface area contributed by atoms with Gasteiger partial charge in [0.05, 0.1) is 6.10 Å². The van der Waals surface area contributed by atoms with Gasteiger partial charge >= 0.3 is 11.8 Å². The smallest absolute Gasteiger partial charge is 0.309 e. The first kappa shape index (κ1) is 14.9. The molecule has 102 valence electrons. The minimum Gasteiger partial charge on any atom is -0.391 e. The Balaban J connectivity index is 2.30. The largest absolute Gasteiger partial charge is 0.391 e. The normalized spacial score (nSPS) is 11.4. The first-order valence-electron chi connectivity index (χ1n) is 6.02. The van der Waals surface area contributed by atoms with Crippen molar-refractivity contribution in [1.29, 1.82) is 0 Å². The van der Waals surface area contributed by atoms with Gasteiger partial charge in [-0.2, -0.15) is 0 Å². The van der Waals surface area contributed by atoms with Crippen LogP contribution in [0.2, 0.25) is 0 Å². The summed E-state index contributed by atoms with van der Waals surface area (Å²) in [5.41, 5.74) is 0.973. The summed E-state index contributed by atoms with van der Waals surface area (Å²) in [6.45, 7) is 3.70. The number of hydrogen-bond acceptors (Lipinski definition) is 3. The molecule has 0 aliphatic carbocycles. The van der Waals surface area contributed by atoms with Crippen molar-refractivity contribution in [2.45, 2.75) is 12.5 Å². The molecular formula is C14H18N2O3. The average Bonchev–Trinajstić information content (AvgIpc) is 2.43. The molecule has 0 spiro atoms. The Bertz CT molecular complexity index is 432. The predicted octanol–water partition coefficient (Wildman–Crippen LogP) is 0.00840. The maximum Gasteiger partial charge on any atom is 0.309 e. The van der Waals surface area contributed by atoms with Gasteiger partial charge in [0.1, 0.15) is 0 Å². The second-order valence-corrected chi connectivity index (χ2v) is 4.05. The molecule has 0 heterocycles. The number of carbonyl (C=O) groups excluding carboxylic acids is 2. The van der Waals surface area contributed by atoms with Crippen LogP contribution in [0.4, 0.5) is 0 Å². The highest BCUT2D eigenvalue weighted by atomic mass is 16.3. The number of rotatable bonds is 6. The van der Waals surface area contributed by atoms with E-state index < -0.39 is 17.9 Å². The van der Waals surface area contributed by atoms with Crippen molar-refractivity contribution in [3.63, 3.8) is 0 Å². The third-order valence-corrected chi connectivity index (χ3v) is 2.43. The number of amides is 2. The topological polar surface area (TPSA) is 78.4 Å². The first-order valence-corrected chi connectivity index (χ1v) is 6.02. The summed E-state index contributed by atoms with van der Waals surface area (Å²) in [4.78, 5) is 22.6. The number of aliphatic hydroxyl groups is 1. The second-order valence-electron chi connectivity index (χ2n) is 4.05. The molecule has 1 atom stereocenters. The zero-order valence-electron chi connectivity index (χ0n) is 10.6. The molecule has 0 radical (unpaired) electrons. The molecule has 2 amide bonds. The van der Waals surface area contributed by atoms with Crippen molar-refractivity contribution < 1.29 is 14.7 Å². The molecule has 0 aliphatic heterocycles. The Morgan fingerprint density at radius 1 is 1.21 bits per heavy atom. The van der Waals surface area contributed by atoms with Gasteiger partial charge in [-0.3, -0.25) is 9.59 Å². The molecule has 0 bridgehead atoms. The Labute approximate surface area is 112 Å². The first-order chi connectivity index (χ1) is 9.13. The predicted molar refractivity (Wildman–Crippen MR) is 72.4 cm³/mol. The van der Waals surface area contributed by atoms with Gasteiger partial charge in [-0.05, 0) is 5.56 Å². The van der Waals surface area contributed by atoms with Crippen molar-refractivity contribution in [1.82, 2.24) is 10.6 Å². The summed E-state index contributed by atoms with van der Waals surface area (Å²) < 4.78 is 0. The van der Waals surface area contributed by atoms with E-state index in [0.717, 1.165) is 5.56 Å². The van der Waals surface area contributed by atoms with Gasteiger partial charge in [-0.15, -0.1) is 6.58 Å².